The molecule has 7 nitrogen and oxygen atoms in total. The fourth-order valence-corrected chi connectivity index (χ4v) is 4.79. The Labute approximate surface area is 171 Å². The summed E-state index contributed by atoms with van der Waals surface area (Å²) < 4.78 is 1.74. The maximum atomic E-state index is 13.0. The third-order valence-electron chi connectivity index (χ3n) is 6.24. The summed E-state index contributed by atoms with van der Waals surface area (Å²) in [4.78, 5) is 32.0. The third kappa shape index (κ3) is 3.55. The quantitative estimate of drug-likeness (QED) is 0.773. The summed E-state index contributed by atoms with van der Waals surface area (Å²) in [5.74, 6) is 0.469. The molecular weight excluding hydrogens is 366 g/mol. The SMILES string of the molecule is CCn1nccc1C(=O)N1CC2(CN(C(=O)c3ccccc3)CC2CN(C)C)C1. The van der Waals surface area contributed by atoms with Crippen LogP contribution in [0.2, 0.25) is 0 Å². The Kier molecular flexibility index (Phi) is 5.17. The van der Waals surface area contributed by atoms with Gasteiger partial charge in [-0.25, -0.2) is 0 Å². The lowest BCUT2D eigenvalue weighted by Gasteiger charge is -2.51. The van der Waals surface area contributed by atoms with Gasteiger partial charge >= 0.3 is 0 Å². The number of benzene rings is 1. The van der Waals surface area contributed by atoms with Crippen molar-refractivity contribution in [2.75, 3.05) is 46.8 Å². The summed E-state index contributed by atoms with van der Waals surface area (Å²) in [6.45, 7) is 6.40. The third-order valence-corrected chi connectivity index (χ3v) is 6.24. The molecule has 2 aromatic rings. The van der Waals surface area contributed by atoms with Crippen LogP contribution in [0.15, 0.2) is 42.6 Å². The van der Waals surface area contributed by atoms with Gasteiger partial charge in [0.25, 0.3) is 11.8 Å². The van der Waals surface area contributed by atoms with Crippen molar-refractivity contribution >= 4 is 11.8 Å². The lowest BCUT2D eigenvalue weighted by molar-refractivity contribution is -0.0154. The molecule has 2 saturated heterocycles. The molecule has 154 valence electrons. The zero-order valence-corrected chi connectivity index (χ0v) is 17.4. The predicted octanol–water partition coefficient (Wildman–Crippen LogP) is 1.68. The molecule has 0 radical (unpaired) electrons. The van der Waals surface area contributed by atoms with E-state index in [2.05, 4.69) is 24.1 Å². The van der Waals surface area contributed by atoms with Gasteiger partial charge in [-0.05, 0) is 45.1 Å². The summed E-state index contributed by atoms with van der Waals surface area (Å²) in [6, 6.07) is 11.3. The molecule has 1 atom stereocenters. The fraction of sp³-hybridized carbons (Fsp3) is 0.500. The minimum atomic E-state index is -0.0264. The number of rotatable bonds is 5. The largest absolute Gasteiger partial charge is 0.338 e. The molecule has 0 bridgehead atoms. The number of carbonyl (C=O) groups excluding carboxylic acids is 2. The molecule has 1 unspecified atom stereocenters. The molecule has 1 spiro atoms. The average molecular weight is 396 g/mol. The van der Waals surface area contributed by atoms with E-state index < -0.39 is 0 Å². The Hall–Kier alpha value is -2.67. The van der Waals surface area contributed by atoms with Crippen LogP contribution in [0.1, 0.15) is 27.8 Å². The van der Waals surface area contributed by atoms with Crippen LogP contribution in [0.4, 0.5) is 0 Å². The second-order valence-electron chi connectivity index (χ2n) is 8.57. The molecule has 1 aromatic carbocycles. The van der Waals surface area contributed by atoms with Crippen molar-refractivity contribution in [1.29, 1.82) is 0 Å². The molecule has 2 fully saturated rings. The van der Waals surface area contributed by atoms with Gasteiger partial charge in [0.15, 0.2) is 0 Å². The van der Waals surface area contributed by atoms with Crippen molar-refractivity contribution in [1.82, 2.24) is 24.5 Å². The van der Waals surface area contributed by atoms with Crippen molar-refractivity contribution in [3.63, 3.8) is 0 Å². The number of nitrogens with zero attached hydrogens (tertiary/aromatic N) is 5. The van der Waals surface area contributed by atoms with Gasteiger partial charge in [0, 0.05) is 56.4 Å². The molecule has 1 aromatic heterocycles. The first-order chi connectivity index (χ1) is 13.9. The van der Waals surface area contributed by atoms with Gasteiger partial charge in [-0.1, -0.05) is 18.2 Å². The monoisotopic (exact) mass is 395 g/mol. The molecule has 0 aliphatic carbocycles. The maximum absolute atomic E-state index is 13.0. The topological polar surface area (TPSA) is 61.7 Å². The first kappa shape index (κ1) is 19.6. The maximum Gasteiger partial charge on any atom is 0.272 e. The Morgan fingerprint density at radius 1 is 1.07 bits per heavy atom. The molecular formula is C22H29N5O2. The van der Waals surface area contributed by atoms with Crippen LogP contribution < -0.4 is 0 Å². The van der Waals surface area contributed by atoms with E-state index in [0.29, 0.717) is 37.8 Å². The minimum absolute atomic E-state index is 0.0264. The van der Waals surface area contributed by atoms with Crippen LogP contribution in [0.25, 0.3) is 0 Å². The average Bonchev–Trinajstić information content (AvgIpc) is 3.30. The standard InChI is InChI=1S/C22H29N5O2/c1-4-27-19(10-11-23-27)21(29)26-15-22(16-26)14-25(13-18(22)12-24(2)3)20(28)17-8-6-5-7-9-17/h5-11,18H,4,12-16H2,1-3H3. The molecule has 2 aliphatic heterocycles. The second kappa shape index (κ2) is 7.63. The predicted molar refractivity (Wildman–Crippen MR) is 111 cm³/mol. The molecule has 29 heavy (non-hydrogen) atoms. The van der Waals surface area contributed by atoms with E-state index >= 15 is 0 Å². The second-order valence-corrected chi connectivity index (χ2v) is 8.57. The number of aromatic nitrogens is 2. The molecule has 7 heteroatoms. The lowest BCUT2D eigenvalue weighted by atomic mass is 9.71. The van der Waals surface area contributed by atoms with Crippen LogP contribution in [0.5, 0.6) is 0 Å². The van der Waals surface area contributed by atoms with E-state index in [9.17, 15) is 9.59 Å². The van der Waals surface area contributed by atoms with Gasteiger partial charge in [-0.3, -0.25) is 14.3 Å². The summed E-state index contributed by atoms with van der Waals surface area (Å²) in [6.07, 6.45) is 1.68. The van der Waals surface area contributed by atoms with Crippen molar-refractivity contribution in [2.45, 2.75) is 13.5 Å². The van der Waals surface area contributed by atoms with E-state index in [1.165, 1.54) is 0 Å². The summed E-state index contributed by atoms with van der Waals surface area (Å²) >= 11 is 0. The highest BCUT2D eigenvalue weighted by molar-refractivity contribution is 5.95. The van der Waals surface area contributed by atoms with Crippen LogP contribution in [-0.2, 0) is 6.54 Å². The van der Waals surface area contributed by atoms with Crippen molar-refractivity contribution in [3.05, 3.63) is 53.9 Å². The van der Waals surface area contributed by atoms with Crippen molar-refractivity contribution < 1.29 is 9.59 Å². The highest BCUT2D eigenvalue weighted by Gasteiger charge is 2.56. The van der Waals surface area contributed by atoms with Crippen molar-refractivity contribution in [3.8, 4) is 0 Å². The fourth-order valence-electron chi connectivity index (χ4n) is 4.79. The molecule has 2 amide bonds. The minimum Gasteiger partial charge on any atom is -0.338 e. The molecule has 4 rings (SSSR count). The number of carbonyl (C=O) groups is 2. The van der Waals surface area contributed by atoms with Crippen molar-refractivity contribution in [2.24, 2.45) is 11.3 Å². The zero-order chi connectivity index (χ0) is 20.6. The Morgan fingerprint density at radius 2 is 1.76 bits per heavy atom. The van der Waals surface area contributed by atoms with Gasteiger partial charge in [0.1, 0.15) is 5.69 Å². The summed E-state index contributed by atoms with van der Waals surface area (Å²) in [5.41, 5.74) is 1.34. The van der Waals surface area contributed by atoms with E-state index in [0.717, 1.165) is 18.7 Å². The smallest absolute Gasteiger partial charge is 0.272 e. The number of hydrogen-bond acceptors (Lipinski definition) is 4. The number of hydrogen-bond donors (Lipinski definition) is 0. The van der Waals surface area contributed by atoms with Crippen LogP contribution >= 0.6 is 0 Å². The van der Waals surface area contributed by atoms with Gasteiger partial charge in [-0.15, -0.1) is 0 Å². The van der Waals surface area contributed by atoms with Gasteiger partial charge in [-0.2, -0.15) is 5.10 Å². The molecule has 3 heterocycles. The molecule has 0 saturated carbocycles. The van der Waals surface area contributed by atoms with E-state index in [-0.39, 0.29) is 17.2 Å². The Bertz CT molecular complexity index is 886. The first-order valence-corrected chi connectivity index (χ1v) is 10.2. The van der Waals surface area contributed by atoms with Gasteiger partial charge < -0.3 is 14.7 Å². The van der Waals surface area contributed by atoms with Gasteiger partial charge in [0.05, 0.1) is 0 Å². The van der Waals surface area contributed by atoms with E-state index in [4.69, 9.17) is 0 Å². The van der Waals surface area contributed by atoms with E-state index in [1.807, 2.05) is 47.1 Å². The molecule has 2 aliphatic rings. The summed E-state index contributed by atoms with van der Waals surface area (Å²) in [7, 11) is 4.13. The van der Waals surface area contributed by atoms with Crippen LogP contribution in [0, 0.1) is 11.3 Å². The van der Waals surface area contributed by atoms with Gasteiger partial charge in [0.2, 0.25) is 0 Å². The first-order valence-electron chi connectivity index (χ1n) is 10.2. The number of amides is 2. The van der Waals surface area contributed by atoms with Crippen LogP contribution in [-0.4, -0.2) is 83.1 Å². The Morgan fingerprint density at radius 3 is 2.41 bits per heavy atom. The van der Waals surface area contributed by atoms with E-state index in [1.54, 1.807) is 16.9 Å². The highest BCUT2D eigenvalue weighted by Crippen LogP contribution is 2.45. The number of likely N-dealkylation sites (tertiary alicyclic amines) is 2. The Balaban J connectivity index is 1.50. The summed E-state index contributed by atoms with van der Waals surface area (Å²) in [5, 5.41) is 4.22. The lowest BCUT2D eigenvalue weighted by Crippen LogP contribution is -2.63. The molecule has 0 N–H and O–H groups in total. The highest BCUT2D eigenvalue weighted by atomic mass is 16.2. The zero-order valence-electron chi connectivity index (χ0n) is 17.4. The number of aryl methyl sites for hydroxylation is 1. The van der Waals surface area contributed by atoms with Crippen LogP contribution in [0.3, 0.4) is 0 Å². The normalized spacial score (nSPS) is 20.3.